The van der Waals surface area contributed by atoms with Crippen LogP contribution >= 0.6 is 0 Å². The summed E-state index contributed by atoms with van der Waals surface area (Å²) < 4.78 is 0. The van der Waals surface area contributed by atoms with Crippen LogP contribution in [0.25, 0.3) is 0 Å². The summed E-state index contributed by atoms with van der Waals surface area (Å²) >= 11 is 0. The van der Waals surface area contributed by atoms with Gasteiger partial charge >= 0.3 is 0 Å². The van der Waals surface area contributed by atoms with Gasteiger partial charge in [-0.3, -0.25) is 4.79 Å². The Labute approximate surface area is 117 Å². The molecule has 19 heavy (non-hydrogen) atoms. The number of carbonyl (C=O) groups excluding carboxylic acids is 1. The maximum Gasteiger partial charge on any atom is 0.225 e. The Morgan fingerprint density at radius 1 is 1.16 bits per heavy atom. The molecule has 1 amide bonds. The van der Waals surface area contributed by atoms with Crippen molar-refractivity contribution in [2.45, 2.75) is 51.9 Å². The lowest BCUT2D eigenvalue weighted by molar-refractivity contribution is -0.141. The minimum Gasteiger partial charge on any atom is -0.342 e. The predicted octanol–water partition coefficient (Wildman–Crippen LogP) is 2.41. The van der Waals surface area contributed by atoms with Crippen molar-refractivity contribution in [3.63, 3.8) is 0 Å². The van der Waals surface area contributed by atoms with E-state index in [1.54, 1.807) is 0 Å². The summed E-state index contributed by atoms with van der Waals surface area (Å²) in [7, 11) is 0. The summed E-state index contributed by atoms with van der Waals surface area (Å²) in [4.78, 5) is 14.9. The Hall–Kier alpha value is -0.570. The number of piperidine rings is 1. The molecular weight excluding hydrogens is 236 g/mol. The summed E-state index contributed by atoms with van der Waals surface area (Å²) in [5.74, 6) is 1.23. The van der Waals surface area contributed by atoms with E-state index in [-0.39, 0.29) is 5.92 Å². The third-order valence-corrected chi connectivity index (χ3v) is 5.80. The molecular formula is C16H28N2O. The SMILES string of the molecule is CC(C(=O)N1CCCC2(CCCCC2)C1)C1CNC1. The van der Waals surface area contributed by atoms with Crippen LogP contribution in [0, 0.1) is 17.3 Å². The predicted molar refractivity (Wildman–Crippen MR) is 76.9 cm³/mol. The number of likely N-dealkylation sites (tertiary alicyclic amines) is 1. The van der Waals surface area contributed by atoms with E-state index in [1.165, 1.54) is 44.9 Å². The van der Waals surface area contributed by atoms with Crippen molar-refractivity contribution in [3.05, 3.63) is 0 Å². The summed E-state index contributed by atoms with van der Waals surface area (Å²) in [5.41, 5.74) is 0.490. The molecule has 1 aliphatic carbocycles. The van der Waals surface area contributed by atoms with E-state index in [9.17, 15) is 4.79 Å². The number of hydrogen-bond acceptors (Lipinski definition) is 2. The second-order valence-electron chi connectivity index (χ2n) is 7.13. The summed E-state index contributed by atoms with van der Waals surface area (Å²) in [5, 5.41) is 3.29. The maximum absolute atomic E-state index is 12.7. The van der Waals surface area contributed by atoms with Gasteiger partial charge in [-0.1, -0.05) is 26.2 Å². The summed E-state index contributed by atoms with van der Waals surface area (Å²) in [6.07, 6.45) is 9.46. The Morgan fingerprint density at radius 3 is 2.47 bits per heavy atom. The van der Waals surface area contributed by atoms with Gasteiger partial charge in [-0.2, -0.15) is 0 Å². The molecule has 0 bridgehead atoms. The molecule has 3 heteroatoms. The van der Waals surface area contributed by atoms with E-state index >= 15 is 0 Å². The van der Waals surface area contributed by atoms with Gasteiger partial charge in [0.15, 0.2) is 0 Å². The normalized spacial score (nSPS) is 29.0. The molecule has 3 rings (SSSR count). The number of nitrogens with one attached hydrogen (secondary N) is 1. The van der Waals surface area contributed by atoms with Crippen LogP contribution in [-0.2, 0) is 4.79 Å². The van der Waals surface area contributed by atoms with Crippen molar-refractivity contribution in [2.75, 3.05) is 26.2 Å². The zero-order valence-electron chi connectivity index (χ0n) is 12.3. The minimum atomic E-state index is 0.222. The van der Waals surface area contributed by atoms with Crippen molar-refractivity contribution in [1.82, 2.24) is 10.2 Å². The van der Waals surface area contributed by atoms with E-state index < -0.39 is 0 Å². The molecule has 0 aromatic carbocycles. The van der Waals surface area contributed by atoms with Gasteiger partial charge in [0.1, 0.15) is 0 Å². The molecule has 1 atom stereocenters. The lowest BCUT2D eigenvalue weighted by Crippen LogP contribution is -2.53. The van der Waals surface area contributed by atoms with Crippen molar-refractivity contribution < 1.29 is 4.79 Å². The van der Waals surface area contributed by atoms with Gasteiger partial charge in [-0.05, 0) is 50.1 Å². The third kappa shape index (κ3) is 2.67. The second kappa shape index (κ2) is 5.43. The average Bonchev–Trinajstić information content (AvgIpc) is 2.37. The zero-order chi connectivity index (χ0) is 13.3. The second-order valence-corrected chi connectivity index (χ2v) is 7.13. The van der Waals surface area contributed by atoms with Crippen LogP contribution in [0.1, 0.15) is 51.9 Å². The van der Waals surface area contributed by atoms with Gasteiger partial charge in [0, 0.05) is 19.0 Å². The van der Waals surface area contributed by atoms with Crippen LogP contribution in [0.15, 0.2) is 0 Å². The third-order valence-electron chi connectivity index (χ3n) is 5.80. The van der Waals surface area contributed by atoms with E-state index in [1.807, 2.05) is 0 Å². The van der Waals surface area contributed by atoms with E-state index in [0.717, 1.165) is 26.2 Å². The Morgan fingerprint density at radius 2 is 1.84 bits per heavy atom. The topological polar surface area (TPSA) is 32.3 Å². The lowest BCUT2D eigenvalue weighted by Gasteiger charge is -2.46. The van der Waals surface area contributed by atoms with Gasteiger partial charge in [0.25, 0.3) is 0 Å². The molecule has 0 aromatic rings. The molecule has 1 unspecified atom stereocenters. The molecule has 3 aliphatic rings. The van der Waals surface area contributed by atoms with Crippen molar-refractivity contribution in [1.29, 1.82) is 0 Å². The standard InChI is InChI=1S/C16H28N2O/c1-13(14-10-17-11-14)15(19)18-9-5-8-16(12-18)6-3-2-4-7-16/h13-14,17H,2-12H2,1H3. The number of hydrogen-bond donors (Lipinski definition) is 1. The number of amides is 1. The Bertz CT molecular complexity index is 326. The first-order valence-corrected chi connectivity index (χ1v) is 8.20. The molecule has 1 saturated carbocycles. The van der Waals surface area contributed by atoms with Crippen LogP contribution < -0.4 is 5.32 Å². The molecule has 0 aromatic heterocycles. The number of nitrogens with zero attached hydrogens (tertiary/aromatic N) is 1. The maximum atomic E-state index is 12.7. The van der Waals surface area contributed by atoms with Crippen LogP contribution in [0.4, 0.5) is 0 Å². The first-order chi connectivity index (χ1) is 9.20. The highest BCUT2D eigenvalue weighted by Crippen LogP contribution is 2.43. The molecule has 2 saturated heterocycles. The quantitative estimate of drug-likeness (QED) is 0.830. The fourth-order valence-corrected chi connectivity index (χ4v) is 4.26. The Balaban J connectivity index is 1.62. The van der Waals surface area contributed by atoms with E-state index in [2.05, 4.69) is 17.1 Å². The molecule has 2 aliphatic heterocycles. The average molecular weight is 264 g/mol. The van der Waals surface area contributed by atoms with Gasteiger partial charge in [-0.25, -0.2) is 0 Å². The van der Waals surface area contributed by atoms with E-state index in [4.69, 9.17) is 0 Å². The lowest BCUT2D eigenvalue weighted by atomic mass is 9.69. The fourth-order valence-electron chi connectivity index (χ4n) is 4.26. The molecule has 2 heterocycles. The minimum absolute atomic E-state index is 0.222. The smallest absolute Gasteiger partial charge is 0.225 e. The van der Waals surface area contributed by atoms with Crippen LogP contribution in [0.2, 0.25) is 0 Å². The summed E-state index contributed by atoms with van der Waals surface area (Å²) in [6.45, 7) is 6.26. The molecule has 108 valence electrons. The Kier molecular flexibility index (Phi) is 3.84. The number of rotatable bonds is 2. The van der Waals surface area contributed by atoms with Gasteiger partial charge in [0.05, 0.1) is 0 Å². The van der Waals surface area contributed by atoms with Gasteiger partial charge in [0.2, 0.25) is 5.91 Å². The first-order valence-electron chi connectivity index (χ1n) is 8.20. The highest BCUT2D eigenvalue weighted by Gasteiger charge is 2.40. The van der Waals surface area contributed by atoms with Gasteiger partial charge < -0.3 is 10.2 Å². The molecule has 3 nitrogen and oxygen atoms in total. The van der Waals surface area contributed by atoms with Gasteiger partial charge in [-0.15, -0.1) is 0 Å². The largest absolute Gasteiger partial charge is 0.342 e. The van der Waals surface area contributed by atoms with Crippen molar-refractivity contribution >= 4 is 5.91 Å². The molecule has 1 spiro atoms. The highest BCUT2D eigenvalue weighted by molar-refractivity contribution is 5.79. The monoisotopic (exact) mass is 264 g/mol. The zero-order valence-corrected chi connectivity index (χ0v) is 12.3. The van der Waals surface area contributed by atoms with Crippen LogP contribution in [0.5, 0.6) is 0 Å². The van der Waals surface area contributed by atoms with Crippen LogP contribution in [-0.4, -0.2) is 37.0 Å². The first kappa shape index (κ1) is 13.4. The summed E-state index contributed by atoms with van der Waals surface area (Å²) in [6, 6.07) is 0. The van der Waals surface area contributed by atoms with E-state index in [0.29, 0.717) is 17.2 Å². The van der Waals surface area contributed by atoms with Crippen molar-refractivity contribution in [3.8, 4) is 0 Å². The van der Waals surface area contributed by atoms with Crippen LogP contribution in [0.3, 0.4) is 0 Å². The molecule has 3 fully saturated rings. The highest BCUT2D eigenvalue weighted by atomic mass is 16.2. The fraction of sp³-hybridized carbons (Fsp3) is 0.938. The number of carbonyl (C=O) groups is 1. The van der Waals surface area contributed by atoms with Crippen molar-refractivity contribution in [2.24, 2.45) is 17.3 Å². The molecule has 1 N–H and O–H groups in total. The molecule has 0 radical (unpaired) electrons.